The van der Waals surface area contributed by atoms with Crippen LogP contribution in [0.3, 0.4) is 0 Å². The molecule has 0 amide bonds. The van der Waals surface area contributed by atoms with Crippen molar-refractivity contribution in [1.82, 2.24) is 14.6 Å². The zero-order valence-corrected chi connectivity index (χ0v) is 16.1. The maximum Gasteiger partial charge on any atom is 0.137 e. The molecule has 1 saturated heterocycles. The van der Waals surface area contributed by atoms with Crippen molar-refractivity contribution in [3.8, 4) is 16.9 Å². The lowest BCUT2D eigenvalue weighted by molar-refractivity contribution is 0.279. The number of pyridine rings is 2. The Hall–Kier alpha value is -2.27. The van der Waals surface area contributed by atoms with Crippen molar-refractivity contribution in [3.63, 3.8) is 0 Å². The highest BCUT2D eigenvalue weighted by Crippen LogP contribution is 2.34. The summed E-state index contributed by atoms with van der Waals surface area (Å²) in [7, 11) is 1.65. The molecule has 0 spiro atoms. The van der Waals surface area contributed by atoms with Gasteiger partial charge in [-0.2, -0.15) is 5.10 Å². The van der Waals surface area contributed by atoms with Crippen molar-refractivity contribution in [3.05, 3.63) is 41.8 Å². The molecule has 0 aliphatic carbocycles. The van der Waals surface area contributed by atoms with E-state index in [1.165, 1.54) is 12.8 Å². The standard InChI is InChI=1S/C20H23ClN4O/c1-20(2)6-8-24(9-7-20)18-5-4-14(11-22-18)16-10-15(26-3)13-25-19(16)17(21)12-23-25/h4-5,10-13H,6-9H2,1-3H3. The summed E-state index contributed by atoms with van der Waals surface area (Å²) in [5, 5.41) is 4.91. The van der Waals surface area contributed by atoms with Gasteiger partial charge < -0.3 is 9.64 Å². The number of hydrogen-bond donors (Lipinski definition) is 0. The molecule has 3 aromatic heterocycles. The van der Waals surface area contributed by atoms with Gasteiger partial charge in [0, 0.05) is 30.4 Å². The van der Waals surface area contributed by atoms with Gasteiger partial charge in [0.1, 0.15) is 11.6 Å². The minimum absolute atomic E-state index is 0.432. The van der Waals surface area contributed by atoms with Crippen LogP contribution in [-0.4, -0.2) is 34.8 Å². The van der Waals surface area contributed by atoms with Gasteiger partial charge in [-0.05, 0) is 36.5 Å². The van der Waals surface area contributed by atoms with Gasteiger partial charge in [-0.25, -0.2) is 9.50 Å². The van der Waals surface area contributed by atoms with E-state index in [2.05, 4.69) is 36.0 Å². The zero-order chi connectivity index (χ0) is 18.3. The summed E-state index contributed by atoms with van der Waals surface area (Å²) in [6.45, 7) is 6.78. The Kier molecular flexibility index (Phi) is 4.27. The first-order valence-electron chi connectivity index (χ1n) is 8.89. The maximum absolute atomic E-state index is 6.35. The monoisotopic (exact) mass is 370 g/mol. The van der Waals surface area contributed by atoms with E-state index < -0.39 is 0 Å². The highest BCUT2D eigenvalue weighted by atomic mass is 35.5. The van der Waals surface area contributed by atoms with Crippen LogP contribution < -0.4 is 9.64 Å². The molecule has 0 unspecified atom stereocenters. The molecule has 1 aliphatic rings. The second-order valence-electron chi connectivity index (χ2n) is 7.64. The number of aromatic nitrogens is 3. The molecule has 0 radical (unpaired) electrons. The Balaban J connectivity index is 1.67. The van der Waals surface area contributed by atoms with E-state index in [-0.39, 0.29) is 0 Å². The summed E-state index contributed by atoms with van der Waals surface area (Å²) < 4.78 is 7.15. The molecule has 3 aromatic rings. The van der Waals surface area contributed by atoms with Gasteiger partial charge in [-0.1, -0.05) is 25.4 Å². The van der Waals surface area contributed by atoms with Crippen molar-refractivity contribution in [2.24, 2.45) is 5.41 Å². The van der Waals surface area contributed by atoms with Crippen LogP contribution in [0.5, 0.6) is 5.75 Å². The predicted octanol–water partition coefficient (Wildman–Crippen LogP) is 4.68. The summed E-state index contributed by atoms with van der Waals surface area (Å²) in [5.41, 5.74) is 3.26. The number of rotatable bonds is 3. The maximum atomic E-state index is 6.35. The number of methoxy groups -OCH3 is 1. The SMILES string of the molecule is COc1cc(-c2ccc(N3CCC(C)(C)CC3)nc2)c2c(Cl)cnn2c1. The quantitative estimate of drug-likeness (QED) is 0.671. The van der Waals surface area contributed by atoms with Crippen LogP contribution in [0.25, 0.3) is 16.6 Å². The number of ether oxygens (including phenoxy) is 1. The minimum Gasteiger partial charge on any atom is -0.495 e. The van der Waals surface area contributed by atoms with E-state index in [1.807, 2.05) is 18.5 Å². The van der Waals surface area contributed by atoms with Crippen molar-refractivity contribution >= 4 is 22.9 Å². The number of nitrogens with zero attached hydrogens (tertiary/aromatic N) is 4. The Labute approximate surface area is 158 Å². The van der Waals surface area contributed by atoms with E-state index in [0.717, 1.165) is 41.3 Å². The molecular formula is C20H23ClN4O. The summed E-state index contributed by atoms with van der Waals surface area (Å²) >= 11 is 6.35. The predicted molar refractivity (Wildman–Crippen MR) is 105 cm³/mol. The molecule has 0 atom stereocenters. The number of piperidine rings is 1. The van der Waals surface area contributed by atoms with Crippen molar-refractivity contribution in [2.45, 2.75) is 26.7 Å². The van der Waals surface area contributed by atoms with Crippen LogP contribution in [0.1, 0.15) is 26.7 Å². The topological polar surface area (TPSA) is 42.7 Å². The van der Waals surface area contributed by atoms with E-state index in [9.17, 15) is 0 Å². The van der Waals surface area contributed by atoms with Crippen LogP contribution in [0.15, 0.2) is 36.8 Å². The summed E-state index contributed by atoms with van der Waals surface area (Å²) in [6, 6.07) is 6.16. The second-order valence-corrected chi connectivity index (χ2v) is 8.04. The van der Waals surface area contributed by atoms with Crippen molar-refractivity contribution < 1.29 is 4.74 Å². The Morgan fingerprint density at radius 2 is 1.92 bits per heavy atom. The molecule has 136 valence electrons. The smallest absolute Gasteiger partial charge is 0.137 e. The Morgan fingerprint density at radius 1 is 1.15 bits per heavy atom. The largest absolute Gasteiger partial charge is 0.495 e. The van der Waals surface area contributed by atoms with Crippen LogP contribution in [0, 0.1) is 5.41 Å². The number of fused-ring (bicyclic) bond motifs is 1. The molecule has 0 aromatic carbocycles. The average Bonchev–Trinajstić information content (AvgIpc) is 3.02. The molecule has 0 saturated carbocycles. The third-order valence-corrected chi connectivity index (χ3v) is 5.55. The molecule has 0 N–H and O–H groups in total. The molecule has 6 heteroatoms. The van der Waals surface area contributed by atoms with Crippen LogP contribution >= 0.6 is 11.6 Å². The fourth-order valence-corrected chi connectivity index (χ4v) is 3.70. The van der Waals surface area contributed by atoms with Crippen LogP contribution in [0.2, 0.25) is 5.02 Å². The Bertz CT molecular complexity index is 923. The van der Waals surface area contributed by atoms with Gasteiger partial charge in [-0.3, -0.25) is 0 Å². The first-order chi connectivity index (χ1) is 12.5. The highest BCUT2D eigenvalue weighted by Gasteiger charge is 2.26. The average molecular weight is 371 g/mol. The normalized spacial score (nSPS) is 16.8. The highest BCUT2D eigenvalue weighted by molar-refractivity contribution is 6.34. The summed E-state index contributed by atoms with van der Waals surface area (Å²) in [4.78, 5) is 7.08. The Morgan fingerprint density at radius 3 is 2.58 bits per heavy atom. The second kappa shape index (κ2) is 6.47. The molecular weight excluding hydrogens is 348 g/mol. The fraction of sp³-hybridized carbons (Fsp3) is 0.400. The third kappa shape index (κ3) is 3.12. The van der Waals surface area contributed by atoms with Gasteiger partial charge in [0.05, 0.1) is 30.0 Å². The minimum atomic E-state index is 0.432. The lowest BCUT2D eigenvalue weighted by atomic mass is 9.83. The molecule has 5 nitrogen and oxygen atoms in total. The van der Waals surface area contributed by atoms with E-state index in [0.29, 0.717) is 10.4 Å². The number of halogens is 1. The van der Waals surface area contributed by atoms with Gasteiger partial charge in [0.15, 0.2) is 0 Å². The molecule has 26 heavy (non-hydrogen) atoms. The first kappa shape index (κ1) is 17.2. The third-order valence-electron chi connectivity index (χ3n) is 5.28. The van der Waals surface area contributed by atoms with E-state index >= 15 is 0 Å². The van der Waals surface area contributed by atoms with Gasteiger partial charge >= 0.3 is 0 Å². The number of hydrogen-bond acceptors (Lipinski definition) is 4. The molecule has 4 rings (SSSR count). The molecule has 0 bridgehead atoms. The fourth-order valence-electron chi connectivity index (χ4n) is 3.46. The lowest BCUT2D eigenvalue weighted by Gasteiger charge is -2.37. The molecule has 1 fully saturated rings. The zero-order valence-electron chi connectivity index (χ0n) is 15.4. The van der Waals surface area contributed by atoms with Gasteiger partial charge in [-0.15, -0.1) is 0 Å². The number of anilines is 1. The molecule has 4 heterocycles. The summed E-state index contributed by atoms with van der Waals surface area (Å²) in [6.07, 6.45) is 7.77. The lowest BCUT2D eigenvalue weighted by Crippen LogP contribution is -2.37. The summed E-state index contributed by atoms with van der Waals surface area (Å²) in [5.74, 6) is 1.76. The van der Waals surface area contributed by atoms with Gasteiger partial charge in [0.25, 0.3) is 0 Å². The van der Waals surface area contributed by atoms with E-state index in [4.69, 9.17) is 21.3 Å². The van der Waals surface area contributed by atoms with E-state index in [1.54, 1.807) is 17.8 Å². The van der Waals surface area contributed by atoms with Gasteiger partial charge in [0.2, 0.25) is 0 Å². The molecule has 1 aliphatic heterocycles. The van der Waals surface area contributed by atoms with Crippen LogP contribution in [0.4, 0.5) is 5.82 Å². The van der Waals surface area contributed by atoms with Crippen molar-refractivity contribution in [2.75, 3.05) is 25.1 Å². The first-order valence-corrected chi connectivity index (χ1v) is 9.27. The van der Waals surface area contributed by atoms with Crippen molar-refractivity contribution in [1.29, 1.82) is 0 Å². The van der Waals surface area contributed by atoms with Crippen LogP contribution in [-0.2, 0) is 0 Å².